The number of carboxylic acids is 1. The Balaban J connectivity index is 1.61. The second-order valence-corrected chi connectivity index (χ2v) is 6.45. The molecule has 0 aromatic heterocycles. The number of carbonyl (C=O) groups is 2. The number of hydrogen-bond acceptors (Lipinski definition) is 4. The summed E-state index contributed by atoms with van der Waals surface area (Å²) < 4.78 is 19.4. The van der Waals surface area contributed by atoms with E-state index in [9.17, 15) is 14.0 Å². The number of ether oxygens (including phenoxy) is 1. The standard InChI is InChI=1S/C20H17FN2O4/c21-13-2-4-16-15(8-13)18(20(26)23-16)19-14-3-1-11(7-12(14)10-27-19)5-6-22-9-17(24)25/h1-4,7-8,22H,5-6,9-10H2,(H,23,26)(H,24,25). The second kappa shape index (κ2) is 6.85. The zero-order valence-electron chi connectivity index (χ0n) is 14.3. The number of aliphatic carboxylic acids is 1. The molecular weight excluding hydrogens is 351 g/mol. The summed E-state index contributed by atoms with van der Waals surface area (Å²) in [5, 5.41) is 14.2. The number of nitrogens with one attached hydrogen (secondary N) is 2. The summed E-state index contributed by atoms with van der Waals surface area (Å²) in [6.07, 6.45) is 0.682. The Bertz CT molecular complexity index is 984. The van der Waals surface area contributed by atoms with Gasteiger partial charge in [-0.2, -0.15) is 0 Å². The molecule has 2 aliphatic heterocycles. The molecule has 0 spiro atoms. The lowest BCUT2D eigenvalue weighted by atomic mass is 9.98. The third kappa shape index (κ3) is 3.29. The minimum atomic E-state index is -0.889. The highest BCUT2D eigenvalue weighted by Gasteiger charge is 2.32. The Hall–Kier alpha value is -3.19. The molecule has 4 rings (SSSR count). The number of hydrogen-bond donors (Lipinski definition) is 3. The summed E-state index contributed by atoms with van der Waals surface area (Å²) in [6, 6.07) is 9.99. The van der Waals surface area contributed by atoms with Crippen LogP contribution in [-0.4, -0.2) is 30.1 Å². The minimum Gasteiger partial charge on any atom is -0.487 e. The molecule has 1 amide bonds. The van der Waals surface area contributed by atoms with Crippen LogP contribution in [0.15, 0.2) is 36.4 Å². The van der Waals surface area contributed by atoms with Crippen molar-refractivity contribution in [3.05, 3.63) is 64.5 Å². The molecule has 2 aromatic rings. The summed E-state index contributed by atoms with van der Waals surface area (Å²) in [5.74, 6) is -1.14. The Kier molecular flexibility index (Phi) is 4.37. The lowest BCUT2D eigenvalue weighted by Gasteiger charge is -2.06. The van der Waals surface area contributed by atoms with Gasteiger partial charge in [-0.1, -0.05) is 18.2 Å². The largest absolute Gasteiger partial charge is 0.487 e. The van der Waals surface area contributed by atoms with Crippen LogP contribution in [0.25, 0.3) is 11.3 Å². The van der Waals surface area contributed by atoms with Gasteiger partial charge in [-0.15, -0.1) is 0 Å². The van der Waals surface area contributed by atoms with Crippen LogP contribution in [0.1, 0.15) is 22.3 Å². The molecule has 2 heterocycles. The first kappa shape index (κ1) is 17.2. The Labute approximate surface area is 154 Å². The average Bonchev–Trinajstić information content (AvgIpc) is 3.17. The molecule has 0 aliphatic carbocycles. The fraction of sp³-hybridized carbons (Fsp3) is 0.200. The van der Waals surface area contributed by atoms with Crippen molar-refractivity contribution in [1.82, 2.24) is 5.32 Å². The number of carbonyl (C=O) groups excluding carboxylic acids is 1. The van der Waals surface area contributed by atoms with Gasteiger partial charge in [-0.3, -0.25) is 9.59 Å². The molecular formula is C20H17FN2O4. The Morgan fingerprint density at radius 2 is 2.07 bits per heavy atom. The van der Waals surface area contributed by atoms with Crippen molar-refractivity contribution in [1.29, 1.82) is 0 Å². The summed E-state index contributed by atoms with van der Waals surface area (Å²) in [6.45, 7) is 0.812. The molecule has 2 aromatic carbocycles. The monoisotopic (exact) mass is 368 g/mol. The van der Waals surface area contributed by atoms with E-state index in [0.717, 1.165) is 16.7 Å². The normalized spacial score (nSPS) is 17.3. The van der Waals surface area contributed by atoms with Crippen molar-refractivity contribution in [3.8, 4) is 0 Å². The highest BCUT2D eigenvalue weighted by Crippen LogP contribution is 2.41. The molecule has 7 heteroatoms. The molecule has 0 radical (unpaired) electrons. The van der Waals surface area contributed by atoms with Crippen molar-refractivity contribution < 1.29 is 23.8 Å². The number of anilines is 1. The third-order valence-corrected chi connectivity index (χ3v) is 4.61. The number of benzene rings is 2. The minimum absolute atomic E-state index is 0.0740. The van der Waals surface area contributed by atoms with E-state index in [4.69, 9.17) is 9.84 Å². The first-order valence-electron chi connectivity index (χ1n) is 8.56. The predicted octanol–water partition coefficient (Wildman–Crippen LogP) is 2.39. The van der Waals surface area contributed by atoms with Crippen LogP contribution in [0.4, 0.5) is 10.1 Å². The lowest BCUT2D eigenvalue weighted by molar-refractivity contribution is -0.135. The van der Waals surface area contributed by atoms with Crippen LogP contribution >= 0.6 is 0 Å². The molecule has 0 saturated carbocycles. The van der Waals surface area contributed by atoms with Crippen LogP contribution in [0.3, 0.4) is 0 Å². The molecule has 6 nitrogen and oxygen atoms in total. The summed E-state index contributed by atoms with van der Waals surface area (Å²) in [7, 11) is 0. The van der Waals surface area contributed by atoms with Crippen molar-refractivity contribution >= 4 is 28.9 Å². The number of halogens is 1. The van der Waals surface area contributed by atoms with Crippen molar-refractivity contribution in [2.45, 2.75) is 13.0 Å². The first-order valence-corrected chi connectivity index (χ1v) is 8.56. The van der Waals surface area contributed by atoms with Crippen molar-refractivity contribution in [2.75, 3.05) is 18.4 Å². The van der Waals surface area contributed by atoms with Gasteiger partial charge in [-0.25, -0.2) is 4.39 Å². The quantitative estimate of drug-likeness (QED) is 0.557. The van der Waals surface area contributed by atoms with E-state index < -0.39 is 11.8 Å². The topological polar surface area (TPSA) is 87.7 Å². The van der Waals surface area contributed by atoms with Gasteiger partial charge in [0.2, 0.25) is 0 Å². The van der Waals surface area contributed by atoms with Crippen LogP contribution in [-0.2, 0) is 27.4 Å². The van der Waals surface area contributed by atoms with E-state index >= 15 is 0 Å². The second-order valence-electron chi connectivity index (χ2n) is 6.45. The van der Waals surface area contributed by atoms with E-state index in [-0.39, 0.29) is 12.5 Å². The number of rotatable bonds is 5. The summed E-state index contributed by atoms with van der Waals surface area (Å²) >= 11 is 0. The Morgan fingerprint density at radius 1 is 1.22 bits per heavy atom. The third-order valence-electron chi connectivity index (χ3n) is 4.61. The van der Waals surface area contributed by atoms with Crippen LogP contribution in [0.2, 0.25) is 0 Å². The SMILES string of the molecule is O=C(O)CNCCc1ccc2c(c1)COC2=C1C(=O)Nc2ccc(F)cc21. The van der Waals surface area contributed by atoms with E-state index in [2.05, 4.69) is 10.6 Å². The van der Waals surface area contributed by atoms with E-state index in [1.54, 1.807) is 6.07 Å². The average molecular weight is 368 g/mol. The summed E-state index contributed by atoms with van der Waals surface area (Å²) in [5.41, 5.74) is 4.24. The van der Waals surface area contributed by atoms with Crippen molar-refractivity contribution in [3.63, 3.8) is 0 Å². The molecule has 0 unspecified atom stereocenters. The predicted molar refractivity (Wildman–Crippen MR) is 97.3 cm³/mol. The van der Waals surface area contributed by atoms with Crippen LogP contribution < -0.4 is 10.6 Å². The van der Waals surface area contributed by atoms with E-state index in [1.165, 1.54) is 12.1 Å². The number of fused-ring (bicyclic) bond motifs is 2. The molecule has 0 atom stereocenters. The molecule has 0 fully saturated rings. The first-order chi connectivity index (χ1) is 13.0. The molecule has 3 N–H and O–H groups in total. The summed E-state index contributed by atoms with van der Waals surface area (Å²) in [4.78, 5) is 22.9. The maximum atomic E-state index is 13.7. The highest BCUT2D eigenvalue weighted by molar-refractivity contribution is 6.36. The maximum absolute atomic E-state index is 13.7. The number of carboxylic acid groups (broad SMARTS) is 1. The van der Waals surface area contributed by atoms with Gasteiger partial charge in [0.1, 0.15) is 18.2 Å². The lowest BCUT2D eigenvalue weighted by Crippen LogP contribution is -2.24. The molecule has 2 aliphatic rings. The molecule has 138 valence electrons. The fourth-order valence-electron chi connectivity index (χ4n) is 3.37. The molecule has 0 bridgehead atoms. The fourth-order valence-corrected chi connectivity index (χ4v) is 3.37. The van der Waals surface area contributed by atoms with Gasteiger partial charge < -0.3 is 20.5 Å². The zero-order valence-corrected chi connectivity index (χ0v) is 14.3. The van der Waals surface area contributed by atoms with E-state index in [0.29, 0.717) is 42.2 Å². The van der Waals surface area contributed by atoms with Gasteiger partial charge in [0, 0.05) is 22.4 Å². The van der Waals surface area contributed by atoms with Crippen LogP contribution in [0, 0.1) is 5.82 Å². The van der Waals surface area contributed by atoms with E-state index in [1.807, 2.05) is 18.2 Å². The van der Waals surface area contributed by atoms with Crippen molar-refractivity contribution in [2.24, 2.45) is 0 Å². The van der Waals surface area contributed by atoms with Gasteiger partial charge in [0.15, 0.2) is 0 Å². The van der Waals surface area contributed by atoms with Crippen LogP contribution in [0.5, 0.6) is 0 Å². The molecule has 27 heavy (non-hydrogen) atoms. The Morgan fingerprint density at radius 3 is 2.89 bits per heavy atom. The van der Waals surface area contributed by atoms with Gasteiger partial charge in [0.05, 0.1) is 12.1 Å². The smallest absolute Gasteiger partial charge is 0.317 e. The number of amides is 1. The van der Waals surface area contributed by atoms with Gasteiger partial charge >= 0.3 is 5.97 Å². The zero-order chi connectivity index (χ0) is 19.0. The maximum Gasteiger partial charge on any atom is 0.317 e. The van der Waals surface area contributed by atoms with Gasteiger partial charge in [-0.05, 0) is 36.7 Å². The molecule has 0 saturated heterocycles. The highest BCUT2D eigenvalue weighted by atomic mass is 19.1. The van der Waals surface area contributed by atoms with Gasteiger partial charge in [0.25, 0.3) is 5.91 Å².